The molecule has 0 saturated carbocycles. The lowest BCUT2D eigenvalue weighted by Gasteiger charge is -2.28. The Hall–Kier alpha value is -2.45. The molecule has 0 radical (unpaired) electrons. The molecule has 146 valence electrons. The average Bonchev–Trinajstić information content (AvgIpc) is 3.47. The number of hydrogen-bond acceptors (Lipinski definition) is 6. The lowest BCUT2D eigenvalue weighted by Crippen LogP contribution is -2.36. The second-order valence-corrected chi connectivity index (χ2v) is 8.17. The van der Waals surface area contributed by atoms with Gasteiger partial charge in [-0.05, 0) is 40.9 Å². The van der Waals surface area contributed by atoms with E-state index in [1.807, 2.05) is 38.5 Å². The molecule has 2 aliphatic rings. The van der Waals surface area contributed by atoms with E-state index in [1.165, 1.54) is 0 Å². The summed E-state index contributed by atoms with van der Waals surface area (Å²) in [6.07, 6.45) is 3.45. The molecule has 0 spiro atoms. The van der Waals surface area contributed by atoms with E-state index in [2.05, 4.69) is 11.0 Å². The van der Waals surface area contributed by atoms with Crippen molar-refractivity contribution in [1.82, 2.24) is 19.5 Å². The van der Waals surface area contributed by atoms with Crippen LogP contribution in [0.5, 0.6) is 0 Å². The van der Waals surface area contributed by atoms with Gasteiger partial charge in [-0.2, -0.15) is 16.4 Å². The van der Waals surface area contributed by atoms with E-state index >= 15 is 0 Å². The van der Waals surface area contributed by atoms with Crippen molar-refractivity contribution >= 4 is 28.6 Å². The van der Waals surface area contributed by atoms with E-state index in [4.69, 9.17) is 14.8 Å². The highest BCUT2D eigenvalue weighted by Gasteiger charge is 2.30. The van der Waals surface area contributed by atoms with E-state index in [9.17, 15) is 4.79 Å². The smallest absolute Gasteiger partial charge is 0.227 e. The number of pyridine rings is 1. The minimum absolute atomic E-state index is 0.194. The van der Waals surface area contributed by atoms with Gasteiger partial charge in [0.05, 0.1) is 31.5 Å². The zero-order valence-electron chi connectivity index (χ0n) is 15.7. The summed E-state index contributed by atoms with van der Waals surface area (Å²) in [4.78, 5) is 21.5. The minimum Gasteiger partial charge on any atom is -0.378 e. The summed E-state index contributed by atoms with van der Waals surface area (Å²) in [5.74, 6) is 1.24. The third-order valence-corrected chi connectivity index (χ3v) is 6.28. The van der Waals surface area contributed by atoms with Crippen LogP contribution in [0.4, 0.5) is 5.69 Å². The Morgan fingerprint density at radius 2 is 2.11 bits per heavy atom. The Labute approximate surface area is 167 Å². The molecule has 3 aromatic heterocycles. The summed E-state index contributed by atoms with van der Waals surface area (Å²) in [6.45, 7) is 4.81. The molecule has 3 aromatic rings. The van der Waals surface area contributed by atoms with Crippen LogP contribution in [0.15, 0.2) is 35.2 Å². The Morgan fingerprint density at radius 1 is 1.21 bits per heavy atom. The number of nitrogens with zero attached hydrogens (tertiary/aromatic N) is 5. The normalized spacial score (nSPS) is 20.2. The van der Waals surface area contributed by atoms with Crippen molar-refractivity contribution in [3.05, 3.63) is 46.5 Å². The SMILES string of the molecule is O=C(Cc1ccsc1)N1CC[C@H](c2nc3ccc(N4CCOCC4)cn3n2)C1. The van der Waals surface area contributed by atoms with Crippen LogP contribution in [0.1, 0.15) is 23.7 Å². The topological polar surface area (TPSA) is 63.0 Å². The van der Waals surface area contributed by atoms with E-state index < -0.39 is 0 Å². The summed E-state index contributed by atoms with van der Waals surface area (Å²) in [5, 5.41) is 8.79. The number of likely N-dealkylation sites (tertiary alicyclic amines) is 1. The van der Waals surface area contributed by atoms with Crippen LogP contribution < -0.4 is 4.90 Å². The van der Waals surface area contributed by atoms with Crippen molar-refractivity contribution in [2.45, 2.75) is 18.8 Å². The molecule has 2 saturated heterocycles. The monoisotopic (exact) mass is 397 g/mol. The van der Waals surface area contributed by atoms with Gasteiger partial charge in [-0.15, -0.1) is 0 Å². The zero-order valence-corrected chi connectivity index (χ0v) is 16.5. The van der Waals surface area contributed by atoms with Gasteiger partial charge in [-0.25, -0.2) is 9.50 Å². The first-order valence-electron chi connectivity index (χ1n) is 9.74. The number of aromatic nitrogens is 3. The van der Waals surface area contributed by atoms with Gasteiger partial charge < -0.3 is 14.5 Å². The molecule has 5 rings (SSSR count). The number of ether oxygens (including phenoxy) is 1. The van der Waals surface area contributed by atoms with E-state index in [0.717, 1.165) is 62.0 Å². The van der Waals surface area contributed by atoms with Crippen molar-refractivity contribution in [2.75, 3.05) is 44.3 Å². The molecule has 7 nitrogen and oxygen atoms in total. The van der Waals surface area contributed by atoms with Gasteiger partial charge in [0.15, 0.2) is 11.5 Å². The summed E-state index contributed by atoms with van der Waals surface area (Å²) < 4.78 is 7.31. The summed E-state index contributed by atoms with van der Waals surface area (Å²) in [5.41, 5.74) is 3.10. The maximum absolute atomic E-state index is 12.6. The first kappa shape index (κ1) is 17.6. The fraction of sp³-hybridized carbons (Fsp3) is 0.450. The molecule has 2 aliphatic heterocycles. The maximum Gasteiger partial charge on any atom is 0.227 e. The number of fused-ring (bicyclic) bond motifs is 1. The van der Waals surface area contributed by atoms with Crippen LogP contribution >= 0.6 is 11.3 Å². The summed E-state index contributed by atoms with van der Waals surface area (Å²) >= 11 is 1.63. The van der Waals surface area contributed by atoms with Crippen molar-refractivity contribution in [2.24, 2.45) is 0 Å². The van der Waals surface area contributed by atoms with Gasteiger partial charge in [0.1, 0.15) is 0 Å². The molecule has 1 atom stereocenters. The van der Waals surface area contributed by atoms with Gasteiger partial charge in [0, 0.05) is 32.1 Å². The molecule has 28 heavy (non-hydrogen) atoms. The van der Waals surface area contributed by atoms with E-state index in [-0.39, 0.29) is 11.8 Å². The van der Waals surface area contributed by atoms with Gasteiger partial charge >= 0.3 is 0 Å². The number of rotatable bonds is 4. The minimum atomic E-state index is 0.194. The van der Waals surface area contributed by atoms with Gasteiger partial charge in [0.25, 0.3) is 0 Å². The summed E-state index contributed by atoms with van der Waals surface area (Å²) in [6, 6.07) is 6.14. The van der Waals surface area contributed by atoms with Gasteiger partial charge in [0.2, 0.25) is 5.91 Å². The fourth-order valence-corrected chi connectivity index (χ4v) is 4.62. The van der Waals surface area contributed by atoms with Crippen LogP contribution in [0.3, 0.4) is 0 Å². The molecule has 0 aromatic carbocycles. The van der Waals surface area contributed by atoms with Gasteiger partial charge in [-0.1, -0.05) is 0 Å². The standard InChI is InChI=1S/C20H23N5O2S/c26-19(11-15-4-10-28-14-15)24-5-3-16(12-24)20-21-18-2-1-17(13-25(18)22-20)23-6-8-27-9-7-23/h1-2,4,10,13-14,16H,3,5-9,11-12H2/t16-/m0/s1. The van der Waals surface area contributed by atoms with Crippen LogP contribution in [-0.4, -0.2) is 64.8 Å². The van der Waals surface area contributed by atoms with Crippen molar-refractivity contribution in [1.29, 1.82) is 0 Å². The molecule has 0 N–H and O–H groups in total. The first-order chi connectivity index (χ1) is 13.8. The van der Waals surface area contributed by atoms with Crippen LogP contribution in [0.25, 0.3) is 5.65 Å². The van der Waals surface area contributed by atoms with Crippen molar-refractivity contribution < 1.29 is 9.53 Å². The number of amides is 1. The van der Waals surface area contributed by atoms with Crippen LogP contribution in [0.2, 0.25) is 0 Å². The number of carbonyl (C=O) groups is 1. The second kappa shape index (κ2) is 7.52. The lowest BCUT2D eigenvalue weighted by atomic mass is 10.1. The molecule has 5 heterocycles. The molecule has 0 aliphatic carbocycles. The van der Waals surface area contributed by atoms with E-state index in [1.54, 1.807) is 11.3 Å². The highest BCUT2D eigenvalue weighted by molar-refractivity contribution is 7.08. The third-order valence-electron chi connectivity index (χ3n) is 5.55. The molecule has 1 amide bonds. The fourth-order valence-electron chi connectivity index (χ4n) is 3.95. The third kappa shape index (κ3) is 3.49. The largest absolute Gasteiger partial charge is 0.378 e. The Bertz CT molecular complexity index is 964. The molecular formula is C20H23N5O2S. The van der Waals surface area contributed by atoms with E-state index in [0.29, 0.717) is 13.0 Å². The Morgan fingerprint density at radius 3 is 2.93 bits per heavy atom. The van der Waals surface area contributed by atoms with Crippen molar-refractivity contribution in [3.63, 3.8) is 0 Å². The highest BCUT2D eigenvalue weighted by Crippen LogP contribution is 2.26. The molecular weight excluding hydrogens is 374 g/mol. The number of thiophene rings is 1. The number of hydrogen-bond donors (Lipinski definition) is 0. The van der Waals surface area contributed by atoms with Gasteiger partial charge in [-0.3, -0.25) is 4.79 Å². The molecule has 2 fully saturated rings. The van der Waals surface area contributed by atoms with Crippen LogP contribution in [-0.2, 0) is 16.0 Å². The lowest BCUT2D eigenvalue weighted by molar-refractivity contribution is -0.129. The number of morpholine rings is 1. The zero-order chi connectivity index (χ0) is 18.9. The molecule has 8 heteroatoms. The second-order valence-electron chi connectivity index (χ2n) is 7.39. The molecule has 0 unspecified atom stereocenters. The predicted molar refractivity (Wildman–Crippen MR) is 108 cm³/mol. The van der Waals surface area contributed by atoms with Crippen LogP contribution in [0, 0.1) is 0 Å². The first-order valence-corrected chi connectivity index (χ1v) is 10.7. The highest BCUT2D eigenvalue weighted by atomic mass is 32.1. The predicted octanol–water partition coefficient (Wildman–Crippen LogP) is 2.19. The number of carbonyl (C=O) groups excluding carboxylic acids is 1. The number of anilines is 1. The maximum atomic E-state index is 12.6. The summed E-state index contributed by atoms with van der Waals surface area (Å²) in [7, 11) is 0. The van der Waals surface area contributed by atoms with Crippen molar-refractivity contribution in [3.8, 4) is 0 Å². The average molecular weight is 398 g/mol. The Kier molecular flexibility index (Phi) is 4.74. The Balaban J connectivity index is 1.29. The molecule has 0 bridgehead atoms. The quantitative estimate of drug-likeness (QED) is 0.675.